The van der Waals surface area contributed by atoms with Crippen molar-refractivity contribution in [2.75, 3.05) is 18.6 Å². The average molecular weight is 483 g/mol. The fourth-order valence-corrected chi connectivity index (χ4v) is 6.15. The molecule has 4 rings (SSSR count). The number of nitrogens with zero attached hydrogens (tertiary/aromatic N) is 4. The third-order valence-corrected chi connectivity index (χ3v) is 8.17. The van der Waals surface area contributed by atoms with E-state index in [4.69, 9.17) is 20.0 Å². The Kier molecular flexibility index (Phi) is 5.30. The zero-order valence-corrected chi connectivity index (χ0v) is 17.9. The molecule has 17 heteroatoms. The second kappa shape index (κ2) is 7.20. The van der Waals surface area contributed by atoms with Crippen molar-refractivity contribution in [1.29, 1.82) is 0 Å². The van der Waals surface area contributed by atoms with Crippen molar-refractivity contribution in [2.24, 2.45) is 11.3 Å². The van der Waals surface area contributed by atoms with Gasteiger partial charge in [0.25, 0.3) is 0 Å². The normalized spacial score (nSPS) is 32.9. The van der Waals surface area contributed by atoms with Crippen molar-refractivity contribution < 1.29 is 42.9 Å². The fourth-order valence-electron chi connectivity index (χ4n) is 4.11. The van der Waals surface area contributed by atoms with Gasteiger partial charge in [0.05, 0.1) is 25.1 Å². The van der Waals surface area contributed by atoms with Gasteiger partial charge in [-0.2, -0.15) is 4.31 Å². The number of phosphoric acid groups is 2. The summed E-state index contributed by atoms with van der Waals surface area (Å²) in [5, 5.41) is 21.6. The summed E-state index contributed by atoms with van der Waals surface area (Å²) in [6.07, 6.45) is 0.898. The number of hydrogen-bond donors (Lipinski definition) is 6. The summed E-state index contributed by atoms with van der Waals surface area (Å²) in [5.74, 6) is -0.221. The Morgan fingerprint density at radius 1 is 1.33 bits per heavy atom. The molecule has 0 radical (unpaired) electrons. The molecule has 14 nitrogen and oxygen atoms in total. The van der Waals surface area contributed by atoms with E-state index in [9.17, 15) is 24.2 Å². The van der Waals surface area contributed by atoms with Crippen molar-refractivity contribution in [3.8, 4) is 0 Å². The lowest BCUT2D eigenvalue weighted by Gasteiger charge is -2.24. The van der Waals surface area contributed by atoms with E-state index in [0.29, 0.717) is 22.7 Å². The Morgan fingerprint density at radius 2 is 2.03 bits per heavy atom. The van der Waals surface area contributed by atoms with E-state index in [1.54, 1.807) is 10.8 Å². The third kappa shape index (κ3) is 3.69. The Balaban J connectivity index is 1.60. The Hall–Kier alpha value is -1.12. The van der Waals surface area contributed by atoms with Gasteiger partial charge in [-0.3, -0.25) is 4.52 Å². The van der Waals surface area contributed by atoms with Crippen LogP contribution in [0.4, 0.5) is 5.82 Å². The number of hydrogen-bond acceptors (Lipinski definition) is 11. The largest absolute Gasteiger partial charge is 0.481 e. The summed E-state index contributed by atoms with van der Waals surface area (Å²) in [4.78, 5) is 39.6. The fraction of sp³-hybridized carbons (Fsp3) is 0.615. The maximum absolute atomic E-state index is 11.8. The number of nitrogen functional groups attached to an aromatic ring is 1. The minimum atomic E-state index is -5.27. The highest BCUT2D eigenvalue weighted by Crippen LogP contribution is 2.69. The molecule has 2 saturated carbocycles. The first-order valence-corrected chi connectivity index (χ1v) is 12.8. The molecule has 2 heterocycles. The summed E-state index contributed by atoms with van der Waals surface area (Å²) >= 11 is 1.27. The summed E-state index contributed by atoms with van der Waals surface area (Å²) in [6.45, 7) is -0.556. The maximum atomic E-state index is 11.8. The van der Waals surface area contributed by atoms with Gasteiger partial charge in [0, 0.05) is 5.41 Å². The molecule has 30 heavy (non-hydrogen) atoms. The van der Waals surface area contributed by atoms with E-state index in [1.165, 1.54) is 18.1 Å². The molecule has 0 aromatic carbocycles. The molecular weight excluding hydrogens is 464 g/mol. The summed E-state index contributed by atoms with van der Waals surface area (Å²) < 4.78 is 32.6. The first-order valence-electron chi connectivity index (χ1n) is 8.53. The molecule has 2 unspecified atom stereocenters. The van der Waals surface area contributed by atoms with Gasteiger partial charge in [-0.15, -0.1) is 0 Å². The summed E-state index contributed by atoms with van der Waals surface area (Å²) in [6, 6.07) is -0.682. The van der Waals surface area contributed by atoms with Crippen LogP contribution in [0.25, 0.3) is 11.2 Å². The van der Waals surface area contributed by atoms with Gasteiger partial charge in [0.2, 0.25) is 0 Å². The van der Waals surface area contributed by atoms with Gasteiger partial charge >= 0.3 is 15.6 Å². The predicted octanol–water partition coefficient (Wildman–Crippen LogP) is -0.360. The summed E-state index contributed by atoms with van der Waals surface area (Å²) in [5.41, 5.74) is 5.51. The number of nitrogens with two attached hydrogens (primary N) is 1. The Bertz CT molecular complexity index is 1090. The standard InChI is InChI=1S/C13H19N5O9P2S/c1-30-12-16-10(14)6-11(17-12)18(4-15-6)7-5-2-13(5,9(20)8(7)19)3-26-29(24,25)27-28(21,22)23/h4-5,7-9,19-20H,2-3H2,1H3,(H,24,25)(H2,14,16,17)(H2,21,22,23)/t5-,7-,8?,9-,13+/m1/s1. The topological polar surface area (TPSA) is 223 Å². The smallest absolute Gasteiger partial charge is 0.390 e. The molecule has 6 atom stereocenters. The van der Waals surface area contributed by atoms with Crippen LogP contribution in [0.5, 0.6) is 0 Å². The van der Waals surface area contributed by atoms with Crippen LogP contribution >= 0.6 is 27.4 Å². The monoisotopic (exact) mass is 483 g/mol. The molecule has 7 N–H and O–H groups in total. The molecule has 2 aromatic rings. The number of aliphatic hydroxyl groups is 2. The Labute approximate surface area is 173 Å². The molecular formula is C13H19N5O9P2S. The van der Waals surface area contributed by atoms with Crippen LogP contribution in [0.3, 0.4) is 0 Å². The molecule has 2 aliphatic rings. The van der Waals surface area contributed by atoms with Crippen molar-refractivity contribution in [2.45, 2.75) is 29.8 Å². The lowest BCUT2D eigenvalue weighted by atomic mass is 10.0. The number of thioether (sulfide) groups is 1. The van der Waals surface area contributed by atoms with Gasteiger partial charge in [0.15, 0.2) is 16.6 Å². The van der Waals surface area contributed by atoms with Crippen molar-refractivity contribution in [3.05, 3.63) is 6.33 Å². The van der Waals surface area contributed by atoms with Crippen molar-refractivity contribution in [3.63, 3.8) is 0 Å². The highest BCUT2D eigenvalue weighted by molar-refractivity contribution is 7.98. The van der Waals surface area contributed by atoms with Gasteiger partial charge < -0.3 is 35.2 Å². The number of fused-ring (bicyclic) bond motifs is 2. The van der Waals surface area contributed by atoms with E-state index in [2.05, 4.69) is 19.3 Å². The van der Waals surface area contributed by atoms with Crippen LogP contribution in [-0.2, 0) is 18.0 Å². The van der Waals surface area contributed by atoms with Crippen LogP contribution in [0, 0.1) is 11.3 Å². The van der Waals surface area contributed by atoms with Gasteiger partial charge in [0.1, 0.15) is 11.6 Å². The quantitative estimate of drug-likeness (QED) is 0.168. The highest BCUT2D eigenvalue weighted by Gasteiger charge is 2.72. The van der Waals surface area contributed by atoms with E-state index in [1.807, 2.05) is 0 Å². The molecule has 0 saturated heterocycles. The number of anilines is 1. The predicted molar refractivity (Wildman–Crippen MR) is 102 cm³/mol. The first kappa shape index (κ1) is 22.1. The van der Waals surface area contributed by atoms with Crippen LogP contribution < -0.4 is 5.73 Å². The minimum Gasteiger partial charge on any atom is -0.390 e. The zero-order chi connectivity index (χ0) is 22.1. The molecule has 0 amide bonds. The summed E-state index contributed by atoms with van der Waals surface area (Å²) in [7, 11) is -10.3. The number of aromatic nitrogens is 4. The van der Waals surface area contributed by atoms with E-state index < -0.39 is 45.9 Å². The van der Waals surface area contributed by atoms with E-state index in [0.717, 1.165) is 0 Å². The number of aliphatic hydroxyl groups excluding tert-OH is 2. The third-order valence-electron chi connectivity index (χ3n) is 5.49. The van der Waals surface area contributed by atoms with Gasteiger partial charge in [-0.05, 0) is 18.6 Å². The Morgan fingerprint density at radius 3 is 2.67 bits per heavy atom. The van der Waals surface area contributed by atoms with Crippen LogP contribution in [-0.4, -0.2) is 69.5 Å². The van der Waals surface area contributed by atoms with E-state index >= 15 is 0 Å². The van der Waals surface area contributed by atoms with E-state index in [-0.39, 0.29) is 11.7 Å². The van der Waals surface area contributed by atoms with Gasteiger partial charge in [-0.25, -0.2) is 24.1 Å². The van der Waals surface area contributed by atoms with Crippen LogP contribution in [0.15, 0.2) is 11.5 Å². The van der Waals surface area contributed by atoms with Crippen LogP contribution in [0.2, 0.25) is 0 Å². The molecule has 166 valence electrons. The van der Waals surface area contributed by atoms with Gasteiger partial charge in [-0.1, -0.05) is 11.8 Å². The molecule has 2 aromatic heterocycles. The number of imidazole rings is 1. The maximum Gasteiger partial charge on any atom is 0.481 e. The number of rotatable bonds is 7. The van der Waals surface area contributed by atoms with Crippen molar-refractivity contribution >= 4 is 44.4 Å². The van der Waals surface area contributed by atoms with Crippen molar-refractivity contribution in [1.82, 2.24) is 19.5 Å². The second-order valence-electron chi connectivity index (χ2n) is 7.20. The molecule has 0 aliphatic heterocycles. The molecule has 0 spiro atoms. The molecule has 2 aliphatic carbocycles. The molecule has 0 bridgehead atoms. The second-order valence-corrected chi connectivity index (χ2v) is 10.8. The lowest BCUT2D eigenvalue weighted by Crippen LogP contribution is -2.35. The zero-order valence-electron chi connectivity index (χ0n) is 15.3. The first-order chi connectivity index (χ1) is 13.9. The van der Waals surface area contributed by atoms with Crippen LogP contribution in [0.1, 0.15) is 12.5 Å². The minimum absolute atomic E-state index is 0.164. The SMILES string of the molecule is CSc1nc(N)c2ncn([C@H]3C(O)[C@@H](O)[C@]4(COP(=O)(O)OP(=O)(O)O)C[C@H]34)c2n1. The lowest BCUT2D eigenvalue weighted by molar-refractivity contribution is -0.0297. The highest BCUT2D eigenvalue weighted by atomic mass is 32.2. The average Bonchev–Trinajstić information content (AvgIpc) is 3.13. The number of phosphoric ester groups is 1. The molecule has 2 fully saturated rings.